The van der Waals surface area contributed by atoms with Crippen molar-refractivity contribution in [3.63, 3.8) is 0 Å². The molecule has 0 saturated carbocycles. The van der Waals surface area contributed by atoms with Gasteiger partial charge in [0.15, 0.2) is 0 Å². The SMILES string of the molecule is CC(C)c1cc(F)cc(C(C)C)c1-n1c(-c2[c-]cccc2)nc2ccccc21.[2H]C([2H])([2H])c1cnc(-c2[c-]ccc3c2oc2cc4ccc5ccccc5c4cc23)cc1C([2H])([2H])[2H].[Ir]. The second kappa shape index (κ2) is 15.8. The van der Waals surface area contributed by atoms with Crippen LogP contribution in [0.4, 0.5) is 4.39 Å². The van der Waals surface area contributed by atoms with Crippen LogP contribution in [0.1, 0.15) is 70.0 Å². The molecule has 0 aliphatic carbocycles. The zero-order valence-corrected chi connectivity index (χ0v) is 34.7. The fourth-order valence-corrected chi connectivity index (χ4v) is 7.77. The zero-order chi connectivity index (χ0) is 44.4. The average Bonchev–Trinajstić information content (AvgIpc) is 3.83. The number of rotatable bonds is 5. The second-order valence-corrected chi connectivity index (χ2v) is 14.9. The molecule has 0 bridgehead atoms. The number of imidazole rings is 1. The van der Waals surface area contributed by atoms with E-state index in [1.54, 1.807) is 18.2 Å². The van der Waals surface area contributed by atoms with Crippen LogP contribution in [0, 0.1) is 31.7 Å². The minimum absolute atomic E-state index is 0. The molecule has 289 valence electrons. The van der Waals surface area contributed by atoms with Crippen molar-refractivity contribution in [2.45, 2.75) is 53.2 Å². The summed E-state index contributed by atoms with van der Waals surface area (Å²) in [6, 6.07) is 47.2. The molecule has 4 nitrogen and oxygen atoms in total. The summed E-state index contributed by atoms with van der Waals surface area (Å²) in [6.45, 7) is 3.23. The number of fused-ring (bicyclic) bond motifs is 7. The average molecular weight is 942 g/mol. The van der Waals surface area contributed by atoms with Crippen LogP contribution in [0.15, 0.2) is 138 Å². The number of benzene rings is 7. The van der Waals surface area contributed by atoms with Gasteiger partial charge in [-0.2, -0.15) is 0 Å². The Morgan fingerprint density at radius 2 is 1.43 bits per heavy atom. The van der Waals surface area contributed by atoms with Gasteiger partial charge >= 0.3 is 0 Å². The van der Waals surface area contributed by atoms with Crippen LogP contribution in [-0.2, 0) is 20.1 Å². The first kappa shape index (κ1) is 32.1. The minimum Gasteiger partial charge on any atom is -0.501 e. The van der Waals surface area contributed by atoms with Gasteiger partial charge in [0.25, 0.3) is 0 Å². The summed E-state index contributed by atoms with van der Waals surface area (Å²) >= 11 is 0. The maximum absolute atomic E-state index is 14.5. The van der Waals surface area contributed by atoms with Gasteiger partial charge in [0, 0.05) is 45.6 Å². The number of hydrogen-bond acceptors (Lipinski definition) is 3. The van der Waals surface area contributed by atoms with Gasteiger partial charge in [-0.05, 0) is 106 Å². The van der Waals surface area contributed by atoms with Gasteiger partial charge in [0.1, 0.15) is 11.4 Å². The molecule has 6 heteroatoms. The van der Waals surface area contributed by atoms with Crippen molar-refractivity contribution in [2.75, 3.05) is 0 Å². The predicted molar refractivity (Wildman–Crippen MR) is 234 cm³/mol. The number of halogens is 1. The molecule has 0 spiro atoms. The van der Waals surface area contributed by atoms with Crippen LogP contribution < -0.4 is 0 Å². The van der Waals surface area contributed by atoms with E-state index in [0.717, 1.165) is 77.7 Å². The van der Waals surface area contributed by atoms with Crippen molar-refractivity contribution in [2.24, 2.45) is 0 Å². The third-order valence-electron chi connectivity index (χ3n) is 10.6. The fourth-order valence-electron chi connectivity index (χ4n) is 7.77. The third-order valence-corrected chi connectivity index (χ3v) is 10.6. The van der Waals surface area contributed by atoms with E-state index in [1.807, 2.05) is 66.7 Å². The maximum Gasteiger partial charge on any atom is 0.123 e. The molecule has 7 aromatic carbocycles. The predicted octanol–water partition coefficient (Wildman–Crippen LogP) is 14.2. The van der Waals surface area contributed by atoms with Gasteiger partial charge in [-0.15, -0.1) is 54.1 Å². The van der Waals surface area contributed by atoms with Gasteiger partial charge in [-0.3, -0.25) is 4.98 Å². The van der Waals surface area contributed by atoms with Crippen molar-refractivity contribution >= 4 is 54.5 Å². The summed E-state index contributed by atoms with van der Waals surface area (Å²) in [4.78, 5) is 9.23. The van der Waals surface area contributed by atoms with E-state index in [4.69, 9.17) is 17.6 Å². The number of aryl methyl sites for hydroxylation is 2. The molecule has 58 heavy (non-hydrogen) atoms. The molecule has 0 unspecified atom stereocenters. The molecule has 3 aromatic heterocycles. The van der Waals surface area contributed by atoms with Gasteiger partial charge in [0.2, 0.25) is 0 Å². The summed E-state index contributed by atoms with van der Waals surface area (Å²) in [7, 11) is 0. The quantitative estimate of drug-likeness (QED) is 0.128. The standard InChI is InChI=1S/C27H18NO.C25H24FN2.Ir/c1-16-12-25(28-15-17(16)2)22-9-5-8-21-24-14-23-19(13-26(24)29-27(21)22)11-10-18-6-3-4-7-20(18)23;1-16(2)20-14-19(26)15-21(17(3)4)24(20)28-23-13-9-8-12-22(23)27-25(28)18-10-6-5-7-11-18;/h3-8,10-15H,1-2H3;5-10,12-17H,1-4H3;/q2*-1;/i1D3,2D3;;. The monoisotopic (exact) mass is 942 g/mol. The first-order valence-corrected chi connectivity index (χ1v) is 19.1. The van der Waals surface area contributed by atoms with Crippen LogP contribution in [-0.4, -0.2) is 14.5 Å². The van der Waals surface area contributed by atoms with Gasteiger partial charge in [-0.25, -0.2) is 4.39 Å². The fraction of sp³-hybridized carbons (Fsp3) is 0.154. The Morgan fingerprint density at radius 3 is 2.19 bits per heavy atom. The maximum atomic E-state index is 14.5. The van der Waals surface area contributed by atoms with Crippen LogP contribution >= 0.6 is 0 Å². The number of para-hydroxylation sites is 2. The Bertz CT molecular complexity index is 3330. The van der Waals surface area contributed by atoms with Gasteiger partial charge < -0.3 is 14.0 Å². The molecule has 0 fully saturated rings. The largest absolute Gasteiger partial charge is 0.501 e. The summed E-state index contributed by atoms with van der Waals surface area (Å²) in [5, 5.41) is 6.23. The van der Waals surface area contributed by atoms with E-state index in [0.29, 0.717) is 22.4 Å². The van der Waals surface area contributed by atoms with E-state index >= 15 is 0 Å². The Hall–Kier alpha value is -5.94. The van der Waals surface area contributed by atoms with Crippen molar-refractivity contribution in [1.82, 2.24) is 14.5 Å². The van der Waals surface area contributed by atoms with E-state index in [1.165, 1.54) is 6.07 Å². The Labute approximate surface area is 360 Å². The first-order chi connectivity index (χ1) is 30.1. The second-order valence-electron chi connectivity index (χ2n) is 14.9. The number of nitrogens with zero attached hydrogens (tertiary/aromatic N) is 3. The molecular formula is C52H42FIrN3O-2. The molecule has 0 atom stereocenters. The topological polar surface area (TPSA) is 43.9 Å². The minimum atomic E-state index is -2.61. The molecule has 10 rings (SSSR count). The molecule has 0 amide bonds. The molecular weight excluding hydrogens is 894 g/mol. The Balaban J connectivity index is 0.000000177. The molecule has 3 heterocycles. The molecule has 0 aliphatic rings. The molecule has 10 aromatic rings. The number of aromatic nitrogens is 3. The van der Waals surface area contributed by atoms with Crippen molar-refractivity contribution in [3.8, 4) is 28.3 Å². The van der Waals surface area contributed by atoms with Crippen LogP contribution in [0.25, 0.3) is 82.8 Å². The van der Waals surface area contributed by atoms with Crippen LogP contribution in [0.2, 0.25) is 0 Å². The normalized spacial score (nSPS) is 13.5. The molecule has 1 radical (unpaired) electrons. The molecule has 0 N–H and O–H groups in total. The van der Waals surface area contributed by atoms with Crippen molar-refractivity contribution in [3.05, 3.63) is 174 Å². The summed E-state index contributed by atoms with van der Waals surface area (Å²) in [5.74, 6) is 1.000. The number of pyridine rings is 1. The third kappa shape index (κ3) is 6.91. The molecule has 0 saturated heterocycles. The number of hydrogen-bond donors (Lipinski definition) is 0. The van der Waals surface area contributed by atoms with Crippen molar-refractivity contribution in [1.29, 1.82) is 0 Å². The van der Waals surface area contributed by atoms with Gasteiger partial charge in [-0.1, -0.05) is 98.8 Å². The van der Waals surface area contributed by atoms with E-state index in [2.05, 4.69) is 85.8 Å². The molecule has 0 aliphatic heterocycles. The summed E-state index contributed by atoms with van der Waals surface area (Å²) in [5.41, 5.74) is 7.34. The van der Waals surface area contributed by atoms with E-state index in [-0.39, 0.29) is 48.9 Å². The van der Waals surface area contributed by atoms with Crippen molar-refractivity contribution < 1.29 is 37.1 Å². The summed E-state index contributed by atoms with van der Waals surface area (Å²) in [6.07, 6.45) is 1.12. The van der Waals surface area contributed by atoms with Crippen LogP contribution in [0.5, 0.6) is 0 Å². The Morgan fingerprint density at radius 1 is 0.690 bits per heavy atom. The van der Waals surface area contributed by atoms with E-state index < -0.39 is 13.7 Å². The zero-order valence-electron chi connectivity index (χ0n) is 38.3. The van der Waals surface area contributed by atoms with Crippen LogP contribution in [0.3, 0.4) is 0 Å². The smallest absolute Gasteiger partial charge is 0.123 e. The summed E-state index contributed by atoms with van der Waals surface area (Å²) < 4.78 is 69.7. The number of furan rings is 1. The first-order valence-electron chi connectivity index (χ1n) is 22.1. The van der Waals surface area contributed by atoms with E-state index in [9.17, 15) is 4.39 Å². The van der Waals surface area contributed by atoms with Gasteiger partial charge in [0.05, 0.1) is 22.4 Å². The Kier molecular flexibility index (Phi) is 8.72.